The van der Waals surface area contributed by atoms with E-state index >= 15 is 0 Å². The Hall–Kier alpha value is -2.24. The average Bonchev–Trinajstić information content (AvgIpc) is 2.85. The van der Waals surface area contributed by atoms with Gasteiger partial charge in [0.25, 0.3) is 0 Å². The highest BCUT2D eigenvalue weighted by molar-refractivity contribution is 5.89. The summed E-state index contributed by atoms with van der Waals surface area (Å²) in [5.41, 5.74) is 0.176. The van der Waals surface area contributed by atoms with Gasteiger partial charge in [-0.1, -0.05) is 18.2 Å². The molecule has 1 unspecified atom stereocenters. The van der Waals surface area contributed by atoms with E-state index in [0.29, 0.717) is 6.54 Å². The zero-order valence-corrected chi connectivity index (χ0v) is 13.3. The molecule has 120 valence electrons. The second-order valence-electron chi connectivity index (χ2n) is 6.29. The van der Waals surface area contributed by atoms with Crippen LogP contribution in [-0.2, 0) is 4.74 Å². The van der Waals surface area contributed by atoms with Gasteiger partial charge < -0.3 is 20.3 Å². The molecule has 2 N–H and O–H groups in total. The summed E-state index contributed by atoms with van der Waals surface area (Å²) in [5.74, 6) is 0. The summed E-state index contributed by atoms with van der Waals surface area (Å²) in [6.07, 6.45) is 0.736. The summed E-state index contributed by atoms with van der Waals surface area (Å²) in [6.45, 7) is 6.03. The number of rotatable bonds is 2. The van der Waals surface area contributed by atoms with Crippen molar-refractivity contribution in [2.45, 2.75) is 45.4 Å². The molecule has 22 heavy (non-hydrogen) atoms. The third-order valence-electron chi connectivity index (χ3n) is 3.22. The Morgan fingerprint density at radius 1 is 1.23 bits per heavy atom. The van der Waals surface area contributed by atoms with E-state index in [0.717, 1.165) is 18.5 Å². The fourth-order valence-electron chi connectivity index (χ4n) is 2.32. The van der Waals surface area contributed by atoms with Crippen molar-refractivity contribution in [3.8, 4) is 0 Å². The fraction of sp³-hybridized carbons (Fsp3) is 0.500. The van der Waals surface area contributed by atoms with Crippen LogP contribution in [0.25, 0.3) is 0 Å². The van der Waals surface area contributed by atoms with E-state index in [1.807, 2.05) is 30.3 Å². The number of nitrogens with zero attached hydrogens (tertiary/aromatic N) is 1. The number of amides is 3. The van der Waals surface area contributed by atoms with Crippen LogP contribution in [0.15, 0.2) is 30.3 Å². The first kappa shape index (κ1) is 16.1. The van der Waals surface area contributed by atoms with Crippen LogP contribution >= 0.6 is 0 Å². The van der Waals surface area contributed by atoms with Gasteiger partial charge in [-0.2, -0.15) is 0 Å². The average molecular weight is 305 g/mol. The SMILES string of the molecule is CC(C)(C)OC(=O)NC1CCCN1C(=O)Nc1ccccc1. The van der Waals surface area contributed by atoms with Gasteiger partial charge >= 0.3 is 12.1 Å². The van der Waals surface area contributed by atoms with Crippen LogP contribution in [0.5, 0.6) is 0 Å². The Labute approximate surface area is 130 Å². The molecule has 3 amide bonds. The van der Waals surface area contributed by atoms with Gasteiger partial charge in [0.1, 0.15) is 11.8 Å². The lowest BCUT2D eigenvalue weighted by Crippen LogP contribution is -2.49. The third-order valence-corrected chi connectivity index (χ3v) is 3.22. The molecule has 1 saturated heterocycles. The highest BCUT2D eigenvalue weighted by Crippen LogP contribution is 2.18. The number of ether oxygens (including phenoxy) is 1. The lowest BCUT2D eigenvalue weighted by Gasteiger charge is -2.27. The van der Waals surface area contributed by atoms with Crippen LogP contribution in [0, 0.1) is 0 Å². The van der Waals surface area contributed by atoms with Crippen LogP contribution in [0.1, 0.15) is 33.6 Å². The second kappa shape index (κ2) is 6.68. The Kier molecular flexibility index (Phi) is 4.90. The summed E-state index contributed by atoms with van der Waals surface area (Å²) < 4.78 is 5.24. The number of carbonyl (C=O) groups is 2. The van der Waals surface area contributed by atoms with Gasteiger partial charge in [0.2, 0.25) is 0 Å². The largest absolute Gasteiger partial charge is 0.444 e. The summed E-state index contributed by atoms with van der Waals surface area (Å²) in [6, 6.07) is 9.03. The van der Waals surface area contributed by atoms with E-state index in [1.165, 1.54) is 0 Å². The first-order valence-corrected chi connectivity index (χ1v) is 7.47. The van der Waals surface area contributed by atoms with Gasteiger partial charge in [0.05, 0.1) is 0 Å². The van der Waals surface area contributed by atoms with Crippen molar-refractivity contribution in [1.82, 2.24) is 10.2 Å². The van der Waals surface area contributed by atoms with E-state index in [1.54, 1.807) is 25.7 Å². The Morgan fingerprint density at radius 2 is 1.91 bits per heavy atom. The summed E-state index contributed by atoms with van der Waals surface area (Å²) in [4.78, 5) is 25.8. The lowest BCUT2D eigenvalue weighted by molar-refractivity contribution is 0.0469. The molecule has 0 saturated carbocycles. The van der Waals surface area contributed by atoms with E-state index in [9.17, 15) is 9.59 Å². The normalized spacial score (nSPS) is 18.0. The summed E-state index contributed by atoms with van der Waals surface area (Å²) in [7, 11) is 0. The molecule has 1 aromatic carbocycles. The van der Waals surface area contributed by atoms with Crippen molar-refractivity contribution < 1.29 is 14.3 Å². The van der Waals surface area contributed by atoms with Crippen molar-refractivity contribution in [2.24, 2.45) is 0 Å². The number of likely N-dealkylation sites (tertiary alicyclic amines) is 1. The standard InChI is InChI=1S/C16H23N3O3/c1-16(2,3)22-15(21)18-13-10-7-11-19(13)14(20)17-12-8-5-4-6-9-12/h4-6,8-9,13H,7,10-11H2,1-3H3,(H,17,20)(H,18,21). The van der Waals surface area contributed by atoms with Gasteiger partial charge in [-0.15, -0.1) is 0 Å². The van der Waals surface area contributed by atoms with E-state index in [-0.39, 0.29) is 12.2 Å². The van der Waals surface area contributed by atoms with Crippen molar-refractivity contribution in [1.29, 1.82) is 0 Å². The number of hydrogen-bond donors (Lipinski definition) is 2. The number of para-hydroxylation sites is 1. The molecular formula is C16H23N3O3. The highest BCUT2D eigenvalue weighted by atomic mass is 16.6. The Morgan fingerprint density at radius 3 is 2.55 bits per heavy atom. The summed E-state index contributed by atoms with van der Waals surface area (Å²) >= 11 is 0. The van der Waals surface area contributed by atoms with Gasteiger partial charge in [0, 0.05) is 12.2 Å². The molecule has 0 bridgehead atoms. The number of urea groups is 1. The molecule has 0 aliphatic carbocycles. The predicted molar refractivity (Wildman–Crippen MR) is 84.6 cm³/mol. The first-order chi connectivity index (χ1) is 10.3. The van der Waals surface area contributed by atoms with Crippen molar-refractivity contribution in [3.63, 3.8) is 0 Å². The zero-order chi connectivity index (χ0) is 16.2. The molecular weight excluding hydrogens is 282 g/mol. The van der Waals surface area contributed by atoms with Gasteiger partial charge in [-0.05, 0) is 45.7 Å². The molecule has 1 aromatic rings. The maximum absolute atomic E-state index is 12.3. The number of nitrogens with one attached hydrogen (secondary N) is 2. The number of hydrogen-bond acceptors (Lipinski definition) is 3. The molecule has 1 fully saturated rings. The Bertz CT molecular complexity index is 525. The molecule has 0 radical (unpaired) electrons. The zero-order valence-electron chi connectivity index (χ0n) is 13.3. The quantitative estimate of drug-likeness (QED) is 0.881. The maximum Gasteiger partial charge on any atom is 0.409 e. The molecule has 6 heteroatoms. The highest BCUT2D eigenvalue weighted by Gasteiger charge is 2.31. The first-order valence-electron chi connectivity index (χ1n) is 7.47. The van der Waals surface area contributed by atoms with Gasteiger partial charge in [-0.25, -0.2) is 9.59 Å². The summed E-state index contributed by atoms with van der Waals surface area (Å²) in [5, 5.41) is 5.59. The smallest absolute Gasteiger partial charge is 0.409 e. The van der Waals surface area contributed by atoms with E-state index in [2.05, 4.69) is 10.6 Å². The molecule has 2 rings (SSSR count). The molecule has 1 aliphatic rings. The van der Waals surface area contributed by atoms with E-state index in [4.69, 9.17) is 4.74 Å². The number of carbonyl (C=O) groups excluding carboxylic acids is 2. The molecule has 1 atom stereocenters. The van der Waals surface area contributed by atoms with Crippen LogP contribution in [0.2, 0.25) is 0 Å². The van der Waals surface area contributed by atoms with Crippen LogP contribution in [-0.4, -0.2) is 35.3 Å². The lowest BCUT2D eigenvalue weighted by atomic mass is 10.2. The number of anilines is 1. The molecule has 1 aliphatic heterocycles. The number of alkyl carbamates (subject to hydrolysis) is 1. The van der Waals surface area contributed by atoms with Crippen LogP contribution in [0.3, 0.4) is 0 Å². The molecule has 0 aromatic heterocycles. The molecule has 0 spiro atoms. The minimum Gasteiger partial charge on any atom is -0.444 e. The van der Waals surface area contributed by atoms with Crippen molar-refractivity contribution in [3.05, 3.63) is 30.3 Å². The van der Waals surface area contributed by atoms with Crippen molar-refractivity contribution >= 4 is 17.8 Å². The van der Waals surface area contributed by atoms with Gasteiger partial charge in [-0.3, -0.25) is 0 Å². The minimum absolute atomic E-state index is 0.218. The molecule has 1 heterocycles. The monoisotopic (exact) mass is 305 g/mol. The molecule has 6 nitrogen and oxygen atoms in total. The maximum atomic E-state index is 12.3. The Balaban J connectivity index is 1.92. The minimum atomic E-state index is -0.556. The van der Waals surface area contributed by atoms with Crippen LogP contribution < -0.4 is 10.6 Å². The van der Waals surface area contributed by atoms with Crippen LogP contribution in [0.4, 0.5) is 15.3 Å². The fourth-order valence-corrected chi connectivity index (χ4v) is 2.32. The van der Waals surface area contributed by atoms with Crippen molar-refractivity contribution in [2.75, 3.05) is 11.9 Å². The third kappa shape index (κ3) is 4.65. The van der Waals surface area contributed by atoms with Gasteiger partial charge in [0.15, 0.2) is 0 Å². The second-order valence-corrected chi connectivity index (χ2v) is 6.29. The van der Waals surface area contributed by atoms with E-state index < -0.39 is 11.7 Å². The predicted octanol–water partition coefficient (Wildman–Crippen LogP) is 3.17. The topological polar surface area (TPSA) is 70.7 Å². The number of benzene rings is 1.